The van der Waals surface area contributed by atoms with Crippen LogP contribution in [-0.2, 0) is 6.54 Å². The largest absolute Gasteiger partial charge is 0.310 e. The maximum atomic E-state index is 13.7. The standard InChI is InChI=1S/C17H19F2NS/c1-11(2)20-10-13-4-6-16(12(3)8-13)21-17-7-5-14(18)9-15(17)19/h4-9,11,20H,10H2,1-3H3. The fourth-order valence-electron chi connectivity index (χ4n) is 1.93. The normalized spacial score (nSPS) is 11.1. The molecule has 0 aliphatic heterocycles. The first-order valence-electron chi connectivity index (χ1n) is 6.91. The Balaban J connectivity index is 2.13. The van der Waals surface area contributed by atoms with Crippen molar-refractivity contribution in [3.63, 3.8) is 0 Å². The van der Waals surface area contributed by atoms with Gasteiger partial charge in [0.05, 0.1) is 0 Å². The minimum Gasteiger partial charge on any atom is -0.310 e. The molecule has 2 rings (SSSR count). The van der Waals surface area contributed by atoms with Crippen molar-refractivity contribution in [2.75, 3.05) is 0 Å². The minimum absolute atomic E-state index is 0.438. The van der Waals surface area contributed by atoms with Crippen molar-refractivity contribution in [3.8, 4) is 0 Å². The third-order valence-corrected chi connectivity index (χ3v) is 4.30. The summed E-state index contributed by atoms with van der Waals surface area (Å²) in [4.78, 5) is 1.42. The lowest BCUT2D eigenvalue weighted by molar-refractivity contribution is 0.565. The maximum Gasteiger partial charge on any atom is 0.140 e. The summed E-state index contributed by atoms with van der Waals surface area (Å²) >= 11 is 1.32. The zero-order valence-electron chi connectivity index (χ0n) is 12.4. The summed E-state index contributed by atoms with van der Waals surface area (Å²) in [5, 5.41) is 3.37. The molecule has 1 N–H and O–H groups in total. The highest BCUT2D eigenvalue weighted by Gasteiger charge is 2.08. The Bertz CT molecular complexity index is 626. The molecule has 2 aromatic carbocycles. The van der Waals surface area contributed by atoms with E-state index in [1.807, 2.05) is 19.1 Å². The van der Waals surface area contributed by atoms with E-state index in [1.165, 1.54) is 29.5 Å². The molecule has 0 aliphatic carbocycles. The van der Waals surface area contributed by atoms with Crippen LogP contribution < -0.4 is 5.32 Å². The molecular formula is C17H19F2NS. The van der Waals surface area contributed by atoms with Crippen LogP contribution in [-0.4, -0.2) is 6.04 Å². The number of hydrogen-bond donors (Lipinski definition) is 1. The van der Waals surface area contributed by atoms with Crippen LogP contribution in [0, 0.1) is 18.6 Å². The molecule has 0 spiro atoms. The van der Waals surface area contributed by atoms with Gasteiger partial charge in [-0.15, -0.1) is 0 Å². The van der Waals surface area contributed by atoms with E-state index in [1.54, 1.807) is 0 Å². The third kappa shape index (κ3) is 4.55. The highest BCUT2D eigenvalue weighted by atomic mass is 32.2. The fourth-order valence-corrected chi connectivity index (χ4v) is 2.82. The van der Waals surface area contributed by atoms with Gasteiger partial charge < -0.3 is 5.32 Å². The van der Waals surface area contributed by atoms with Gasteiger partial charge in [-0.05, 0) is 36.2 Å². The molecule has 0 bridgehead atoms. The highest BCUT2D eigenvalue weighted by molar-refractivity contribution is 7.99. The van der Waals surface area contributed by atoms with Crippen LogP contribution >= 0.6 is 11.8 Å². The molecule has 0 atom stereocenters. The van der Waals surface area contributed by atoms with E-state index in [4.69, 9.17) is 0 Å². The van der Waals surface area contributed by atoms with E-state index in [9.17, 15) is 8.78 Å². The van der Waals surface area contributed by atoms with Crippen molar-refractivity contribution in [2.24, 2.45) is 0 Å². The lowest BCUT2D eigenvalue weighted by Crippen LogP contribution is -2.21. The molecule has 21 heavy (non-hydrogen) atoms. The van der Waals surface area contributed by atoms with Crippen molar-refractivity contribution in [3.05, 3.63) is 59.2 Å². The molecule has 0 aromatic heterocycles. The van der Waals surface area contributed by atoms with Crippen molar-refractivity contribution < 1.29 is 8.78 Å². The van der Waals surface area contributed by atoms with Crippen molar-refractivity contribution >= 4 is 11.8 Å². The first kappa shape index (κ1) is 16.0. The summed E-state index contributed by atoms with van der Waals surface area (Å²) < 4.78 is 26.6. The first-order chi connectivity index (χ1) is 9.95. The Hall–Kier alpha value is -1.39. The van der Waals surface area contributed by atoms with Crippen molar-refractivity contribution in [1.29, 1.82) is 0 Å². The lowest BCUT2D eigenvalue weighted by atomic mass is 10.1. The summed E-state index contributed by atoms with van der Waals surface area (Å²) in [6.07, 6.45) is 0. The summed E-state index contributed by atoms with van der Waals surface area (Å²) in [5.74, 6) is -1.08. The zero-order valence-corrected chi connectivity index (χ0v) is 13.2. The quantitative estimate of drug-likeness (QED) is 0.841. The maximum absolute atomic E-state index is 13.7. The Morgan fingerprint density at radius 1 is 1.05 bits per heavy atom. The van der Waals surface area contributed by atoms with Gasteiger partial charge >= 0.3 is 0 Å². The number of aryl methyl sites for hydroxylation is 1. The molecule has 0 radical (unpaired) electrons. The van der Waals surface area contributed by atoms with E-state index in [0.29, 0.717) is 10.9 Å². The van der Waals surface area contributed by atoms with Gasteiger partial charge in [0.25, 0.3) is 0 Å². The van der Waals surface area contributed by atoms with Gasteiger partial charge in [0.1, 0.15) is 11.6 Å². The molecule has 112 valence electrons. The Morgan fingerprint density at radius 2 is 1.76 bits per heavy atom. The van der Waals surface area contributed by atoms with Crippen LogP contribution in [0.25, 0.3) is 0 Å². The van der Waals surface area contributed by atoms with Crippen molar-refractivity contribution in [2.45, 2.75) is 43.1 Å². The van der Waals surface area contributed by atoms with E-state index in [-0.39, 0.29) is 0 Å². The predicted molar refractivity (Wildman–Crippen MR) is 83.6 cm³/mol. The molecule has 0 fully saturated rings. The fraction of sp³-hybridized carbons (Fsp3) is 0.294. The van der Waals surface area contributed by atoms with E-state index < -0.39 is 11.6 Å². The minimum atomic E-state index is -0.552. The molecule has 0 saturated carbocycles. The predicted octanol–water partition coefficient (Wildman–Crippen LogP) is 4.92. The highest BCUT2D eigenvalue weighted by Crippen LogP contribution is 2.32. The van der Waals surface area contributed by atoms with Crippen LogP contribution in [0.3, 0.4) is 0 Å². The second kappa shape index (κ2) is 7.05. The molecule has 4 heteroatoms. The Morgan fingerprint density at radius 3 is 2.38 bits per heavy atom. The summed E-state index contributed by atoms with van der Waals surface area (Å²) in [7, 11) is 0. The number of benzene rings is 2. The molecule has 0 amide bonds. The van der Waals surface area contributed by atoms with Gasteiger partial charge in [0.15, 0.2) is 0 Å². The second-order valence-electron chi connectivity index (χ2n) is 5.31. The van der Waals surface area contributed by atoms with Gasteiger partial charge in [-0.2, -0.15) is 0 Å². The first-order valence-corrected chi connectivity index (χ1v) is 7.73. The average molecular weight is 307 g/mol. The van der Waals surface area contributed by atoms with Crippen LogP contribution in [0.2, 0.25) is 0 Å². The third-order valence-electron chi connectivity index (χ3n) is 3.07. The number of halogens is 2. The molecule has 2 aromatic rings. The number of hydrogen-bond acceptors (Lipinski definition) is 2. The number of rotatable bonds is 5. The van der Waals surface area contributed by atoms with Crippen molar-refractivity contribution in [1.82, 2.24) is 5.32 Å². The Kier molecular flexibility index (Phi) is 5.37. The van der Waals surface area contributed by atoms with E-state index in [2.05, 4.69) is 25.2 Å². The second-order valence-corrected chi connectivity index (χ2v) is 6.40. The van der Waals surface area contributed by atoms with Gasteiger partial charge in [0.2, 0.25) is 0 Å². The van der Waals surface area contributed by atoms with Crippen LogP contribution in [0.15, 0.2) is 46.2 Å². The Labute approximate surface area is 128 Å². The molecule has 0 unspecified atom stereocenters. The SMILES string of the molecule is Cc1cc(CNC(C)C)ccc1Sc1ccc(F)cc1F. The van der Waals surface area contributed by atoms with Crippen LogP contribution in [0.4, 0.5) is 8.78 Å². The summed E-state index contributed by atoms with van der Waals surface area (Å²) in [6.45, 7) is 7.03. The molecule has 1 nitrogen and oxygen atoms in total. The molecule has 0 heterocycles. The van der Waals surface area contributed by atoms with Crippen LogP contribution in [0.5, 0.6) is 0 Å². The topological polar surface area (TPSA) is 12.0 Å². The lowest BCUT2D eigenvalue weighted by Gasteiger charge is -2.11. The zero-order chi connectivity index (χ0) is 15.4. The summed E-state index contributed by atoms with van der Waals surface area (Å²) in [6, 6.07) is 10.2. The average Bonchev–Trinajstić information content (AvgIpc) is 2.42. The van der Waals surface area contributed by atoms with Gasteiger partial charge in [-0.25, -0.2) is 8.78 Å². The molecule has 0 aliphatic rings. The van der Waals surface area contributed by atoms with Crippen LogP contribution in [0.1, 0.15) is 25.0 Å². The smallest absolute Gasteiger partial charge is 0.140 e. The molecular weight excluding hydrogens is 288 g/mol. The number of nitrogens with one attached hydrogen (secondary N) is 1. The van der Waals surface area contributed by atoms with E-state index in [0.717, 1.165) is 23.1 Å². The monoisotopic (exact) mass is 307 g/mol. The summed E-state index contributed by atoms with van der Waals surface area (Å²) in [5.41, 5.74) is 2.29. The van der Waals surface area contributed by atoms with E-state index >= 15 is 0 Å². The molecule has 0 saturated heterocycles. The van der Waals surface area contributed by atoms with Gasteiger partial charge in [0, 0.05) is 28.4 Å². The van der Waals surface area contributed by atoms with Gasteiger partial charge in [-0.3, -0.25) is 0 Å². The van der Waals surface area contributed by atoms with Gasteiger partial charge in [-0.1, -0.05) is 37.7 Å².